The number of hydrogen-bond acceptors (Lipinski definition) is 7. The van der Waals surface area contributed by atoms with Crippen molar-refractivity contribution < 1.29 is 32.9 Å². The quantitative estimate of drug-likeness (QED) is 0.269. The summed E-state index contributed by atoms with van der Waals surface area (Å²) < 4.78 is 22.4. The molecule has 0 spiro atoms. The molecule has 266 valence electrons. The number of Topliss-reactive ketones (excluding diaryl/α,β-unsaturated/α-hetero) is 2. The Hall–Kier alpha value is -3.08. The predicted molar refractivity (Wildman–Crippen MR) is 195 cm³/mol. The molecule has 1 aliphatic heterocycles. The Kier molecular flexibility index (Phi) is 15.5. The van der Waals surface area contributed by atoms with Crippen LogP contribution in [-0.4, -0.2) is 80.6 Å². The summed E-state index contributed by atoms with van der Waals surface area (Å²) in [5.74, 6) is -0.106. The Balaban J connectivity index is 0.000000338. The number of alkyl carbamates (subject to hydrolysis) is 1. The summed E-state index contributed by atoms with van der Waals surface area (Å²) >= 11 is 11.8. The summed E-state index contributed by atoms with van der Waals surface area (Å²) in [6.45, 7) is 11.0. The number of benzene rings is 2. The summed E-state index contributed by atoms with van der Waals surface area (Å²) in [6.07, 6.45) is 5.14. The van der Waals surface area contributed by atoms with E-state index in [4.69, 9.17) is 32.7 Å². The third-order valence-corrected chi connectivity index (χ3v) is 8.16. The number of rotatable bonds is 9. The van der Waals surface area contributed by atoms with Crippen LogP contribution in [0.2, 0.25) is 10.0 Å². The van der Waals surface area contributed by atoms with E-state index in [1.165, 1.54) is 17.9 Å². The third kappa shape index (κ3) is 17.4. The molecular formula is C36H50Cl2N2O7S. The first-order valence-electron chi connectivity index (χ1n) is 15.9. The van der Waals surface area contributed by atoms with Gasteiger partial charge in [0.2, 0.25) is 0 Å². The van der Waals surface area contributed by atoms with Gasteiger partial charge in [-0.1, -0.05) is 47.5 Å². The second-order valence-electron chi connectivity index (χ2n) is 14.3. The van der Waals surface area contributed by atoms with E-state index in [0.717, 1.165) is 11.1 Å². The number of piperidine rings is 1. The lowest BCUT2D eigenvalue weighted by molar-refractivity contribution is -0.123. The molecule has 2 amide bonds. The van der Waals surface area contributed by atoms with Crippen molar-refractivity contribution in [3.63, 3.8) is 0 Å². The molecule has 9 nitrogen and oxygen atoms in total. The monoisotopic (exact) mass is 724 g/mol. The Morgan fingerprint density at radius 2 is 1.44 bits per heavy atom. The molecular weight excluding hydrogens is 675 g/mol. The minimum Gasteiger partial charge on any atom is -0.444 e. The van der Waals surface area contributed by atoms with Crippen molar-refractivity contribution in [1.82, 2.24) is 10.2 Å². The van der Waals surface area contributed by atoms with Gasteiger partial charge in [-0.05, 0) is 112 Å². The molecule has 0 radical (unpaired) electrons. The Bertz CT molecular complexity index is 1510. The van der Waals surface area contributed by atoms with E-state index in [9.17, 15) is 23.4 Å². The zero-order chi connectivity index (χ0) is 36.3. The van der Waals surface area contributed by atoms with Crippen LogP contribution in [0.1, 0.15) is 78.4 Å². The zero-order valence-corrected chi connectivity index (χ0v) is 31.6. The maximum atomic E-state index is 12.3. The standard InChI is InChI=1S/C19H28ClNO4S.C17H22ClNO3/c1-19(2,3)25-18(23)21-16(10-11-17(22)13-26(4,5)24)12-14-6-8-15(20)9-7-14;1-17(2,3)22-16(21)19-11-15(20)9-8-14(19)10-12-4-6-13(18)7-5-12/h6-9,13,16H,10-12H2,1-5H3,(H,21,23);4-7,14H,8-11H2,1-3H3/t16-;14-/m11/s1. The number of carbonyl (C=O) groups is 4. The van der Waals surface area contributed by atoms with Crippen LogP contribution in [0.25, 0.3) is 0 Å². The zero-order valence-electron chi connectivity index (χ0n) is 29.3. The van der Waals surface area contributed by atoms with Crippen LogP contribution in [0, 0.1) is 0 Å². The van der Waals surface area contributed by atoms with Crippen LogP contribution in [0.4, 0.5) is 9.59 Å². The summed E-state index contributed by atoms with van der Waals surface area (Å²) in [5.41, 5.74) is 0.913. The molecule has 0 unspecified atom stereocenters. The third-order valence-electron chi connectivity index (χ3n) is 6.83. The molecule has 0 bridgehead atoms. The van der Waals surface area contributed by atoms with E-state index >= 15 is 0 Å². The van der Waals surface area contributed by atoms with Crippen LogP contribution in [0.15, 0.2) is 48.5 Å². The van der Waals surface area contributed by atoms with E-state index in [-0.39, 0.29) is 36.6 Å². The highest BCUT2D eigenvalue weighted by atomic mass is 35.5. The van der Waals surface area contributed by atoms with E-state index in [0.29, 0.717) is 42.1 Å². The highest BCUT2D eigenvalue weighted by molar-refractivity contribution is 8.01. The van der Waals surface area contributed by atoms with Crippen molar-refractivity contribution in [2.45, 2.75) is 103 Å². The number of hydrogen-bond donors (Lipinski definition) is 1. The van der Waals surface area contributed by atoms with E-state index in [1.54, 1.807) is 37.8 Å². The van der Waals surface area contributed by atoms with Crippen LogP contribution in [-0.2, 0) is 41.4 Å². The highest BCUT2D eigenvalue weighted by Gasteiger charge is 2.33. The number of nitrogens with zero attached hydrogens (tertiary/aromatic N) is 1. The van der Waals surface area contributed by atoms with Gasteiger partial charge in [0, 0.05) is 52.8 Å². The van der Waals surface area contributed by atoms with Crippen molar-refractivity contribution in [2.75, 3.05) is 19.1 Å². The minimum absolute atomic E-state index is 0.0197. The minimum atomic E-state index is -2.23. The lowest BCUT2D eigenvalue weighted by Crippen LogP contribution is -2.49. The lowest BCUT2D eigenvalue weighted by atomic mass is 9.95. The molecule has 3 rings (SSSR count). The molecule has 1 saturated heterocycles. The second-order valence-corrected chi connectivity index (χ2v) is 18.0. The van der Waals surface area contributed by atoms with Gasteiger partial charge in [-0.3, -0.25) is 18.7 Å². The first kappa shape index (κ1) is 41.1. The number of ketones is 2. The fourth-order valence-electron chi connectivity index (χ4n) is 4.82. The molecule has 2 aromatic carbocycles. The normalized spacial score (nSPS) is 15.8. The fourth-order valence-corrected chi connectivity index (χ4v) is 5.82. The Morgan fingerprint density at radius 1 is 0.917 bits per heavy atom. The van der Waals surface area contributed by atoms with Gasteiger partial charge in [0.1, 0.15) is 11.2 Å². The molecule has 2 aromatic rings. The number of likely N-dealkylation sites (tertiary alicyclic amines) is 1. The maximum Gasteiger partial charge on any atom is 0.410 e. The van der Waals surface area contributed by atoms with Crippen LogP contribution in [0.3, 0.4) is 0 Å². The van der Waals surface area contributed by atoms with Crippen LogP contribution >= 0.6 is 23.2 Å². The van der Waals surface area contributed by atoms with Crippen molar-refractivity contribution in [3.8, 4) is 0 Å². The molecule has 48 heavy (non-hydrogen) atoms. The number of nitrogens with one attached hydrogen (secondary N) is 1. The number of amides is 2. The van der Waals surface area contributed by atoms with E-state index in [2.05, 4.69) is 5.32 Å². The number of carbonyl (C=O) groups excluding carboxylic acids is 4. The van der Waals surface area contributed by atoms with Gasteiger partial charge in [-0.15, -0.1) is 0 Å². The summed E-state index contributed by atoms with van der Waals surface area (Å²) in [7, 11) is -2.23. The van der Waals surface area contributed by atoms with E-state index < -0.39 is 32.9 Å². The summed E-state index contributed by atoms with van der Waals surface area (Å²) in [4.78, 5) is 49.7. The van der Waals surface area contributed by atoms with Gasteiger partial charge in [-0.2, -0.15) is 0 Å². The van der Waals surface area contributed by atoms with Crippen molar-refractivity contribution in [1.29, 1.82) is 0 Å². The van der Waals surface area contributed by atoms with Gasteiger partial charge < -0.3 is 14.8 Å². The van der Waals surface area contributed by atoms with Gasteiger partial charge >= 0.3 is 12.2 Å². The van der Waals surface area contributed by atoms with Crippen LogP contribution in [0.5, 0.6) is 0 Å². The first-order chi connectivity index (χ1) is 22.1. The SMILES string of the molecule is CC(C)(C)OC(=O)N1CC(=O)CC[C@@H]1Cc1ccc(Cl)cc1.CC(C)(C)OC(=O)N[C@H](CCC(=O)C=S(C)(C)=O)Cc1ccc(Cl)cc1. The number of ether oxygens (including phenoxy) is 2. The lowest BCUT2D eigenvalue weighted by Gasteiger charge is -2.36. The molecule has 2 atom stereocenters. The summed E-state index contributed by atoms with van der Waals surface area (Å²) in [6, 6.07) is 14.6. The molecule has 1 aliphatic rings. The Morgan fingerprint density at radius 3 is 1.94 bits per heavy atom. The fraction of sp³-hybridized carbons (Fsp3) is 0.528. The summed E-state index contributed by atoms with van der Waals surface area (Å²) in [5, 5.41) is 5.41. The van der Waals surface area contributed by atoms with Crippen molar-refractivity contribution in [3.05, 3.63) is 69.7 Å². The molecule has 1 N–H and O–H groups in total. The first-order valence-corrected chi connectivity index (χ1v) is 19.1. The van der Waals surface area contributed by atoms with Gasteiger partial charge in [0.15, 0.2) is 11.6 Å². The van der Waals surface area contributed by atoms with E-state index in [1.807, 2.05) is 57.2 Å². The smallest absolute Gasteiger partial charge is 0.410 e. The van der Waals surface area contributed by atoms with Gasteiger partial charge in [-0.25, -0.2) is 9.59 Å². The largest absolute Gasteiger partial charge is 0.444 e. The predicted octanol–water partition coefficient (Wildman–Crippen LogP) is 7.32. The molecule has 0 aliphatic carbocycles. The Labute approximate surface area is 296 Å². The highest BCUT2D eigenvalue weighted by Crippen LogP contribution is 2.23. The van der Waals surface area contributed by atoms with Gasteiger partial charge in [0.05, 0.1) is 6.54 Å². The van der Waals surface area contributed by atoms with Gasteiger partial charge in [0.25, 0.3) is 0 Å². The molecule has 0 aromatic heterocycles. The van der Waals surface area contributed by atoms with Crippen molar-refractivity contribution in [2.24, 2.45) is 0 Å². The number of halogens is 2. The average Bonchev–Trinajstić information content (AvgIpc) is 2.92. The maximum absolute atomic E-state index is 12.3. The molecule has 12 heteroatoms. The molecule has 1 heterocycles. The second kappa shape index (κ2) is 18.1. The molecule has 1 fully saturated rings. The topological polar surface area (TPSA) is 119 Å². The molecule has 0 saturated carbocycles. The van der Waals surface area contributed by atoms with Crippen LogP contribution < -0.4 is 5.32 Å². The average molecular weight is 726 g/mol. The van der Waals surface area contributed by atoms with Crippen molar-refractivity contribution >= 4 is 61.8 Å².